The Morgan fingerprint density at radius 1 is 0.943 bits per heavy atom. The molecule has 7 heteroatoms. The summed E-state index contributed by atoms with van der Waals surface area (Å²) in [6.07, 6.45) is 1.51. The van der Waals surface area contributed by atoms with E-state index >= 15 is 0 Å². The zero-order valence-corrected chi connectivity index (χ0v) is 20.7. The first-order valence-corrected chi connectivity index (χ1v) is 11.8. The first-order chi connectivity index (χ1) is 17.0. The van der Waals surface area contributed by atoms with Crippen molar-refractivity contribution in [3.05, 3.63) is 65.7 Å². The molecule has 0 spiro atoms. The molecule has 3 aromatic carbocycles. The van der Waals surface area contributed by atoms with E-state index in [1.165, 1.54) is 0 Å². The van der Waals surface area contributed by atoms with Crippen molar-refractivity contribution in [3.63, 3.8) is 0 Å². The van der Waals surface area contributed by atoms with Crippen LogP contribution in [0.25, 0.3) is 10.8 Å². The molecule has 0 saturated carbocycles. The van der Waals surface area contributed by atoms with Gasteiger partial charge in [-0.25, -0.2) is 0 Å². The summed E-state index contributed by atoms with van der Waals surface area (Å²) in [5.74, 6) is 1.70. The SMILES string of the molecule is COc1ccc(OC)c([C@H](C)NC(=O)[C@@H]2CCCN(C(=O)c3ccc(OC)c4ccccc34)C2)c1. The van der Waals surface area contributed by atoms with E-state index in [9.17, 15) is 9.59 Å². The standard InChI is InChI=1S/C28H32N2O5/c1-18(24-16-20(33-2)11-13-26(24)35-4)29-27(31)19-8-7-15-30(17-19)28(32)23-12-14-25(34-3)22-10-6-5-9-21(22)23/h5-6,9-14,16,18-19H,7-8,15,17H2,1-4H3,(H,29,31)/t18-,19+/m0/s1. The van der Waals surface area contributed by atoms with Crippen LogP contribution in [0.4, 0.5) is 0 Å². The summed E-state index contributed by atoms with van der Waals surface area (Å²) >= 11 is 0. The first kappa shape index (κ1) is 24.4. The summed E-state index contributed by atoms with van der Waals surface area (Å²) in [6, 6.07) is 16.6. The van der Waals surface area contributed by atoms with E-state index in [4.69, 9.17) is 14.2 Å². The molecule has 1 aliphatic rings. The third kappa shape index (κ3) is 5.04. The lowest BCUT2D eigenvalue weighted by molar-refractivity contribution is -0.127. The Morgan fingerprint density at radius 3 is 2.37 bits per heavy atom. The van der Waals surface area contributed by atoms with Gasteiger partial charge in [0.05, 0.1) is 33.3 Å². The van der Waals surface area contributed by atoms with Gasteiger partial charge < -0.3 is 24.4 Å². The zero-order valence-electron chi connectivity index (χ0n) is 20.7. The minimum absolute atomic E-state index is 0.0659. The zero-order chi connectivity index (χ0) is 24.9. The third-order valence-electron chi connectivity index (χ3n) is 6.68. The van der Waals surface area contributed by atoms with Crippen LogP contribution in [-0.2, 0) is 4.79 Å². The summed E-state index contributed by atoms with van der Waals surface area (Å²) in [7, 11) is 4.83. The highest BCUT2D eigenvalue weighted by Gasteiger charge is 2.30. The van der Waals surface area contributed by atoms with Crippen LogP contribution in [0.2, 0.25) is 0 Å². The second-order valence-electron chi connectivity index (χ2n) is 8.79. The molecule has 1 fully saturated rings. The van der Waals surface area contributed by atoms with Gasteiger partial charge in [-0.1, -0.05) is 24.3 Å². The predicted molar refractivity (Wildman–Crippen MR) is 135 cm³/mol. The van der Waals surface area contributed by atoms with Gasteiger partial charge in [0, 0.05) is 29.6 Å². The maximum atomic E-state index is 13.5. The highest BCUT2D eigenvalue weighted by atomic mass is 16.5. The molecule has 0 unspecified atom stereocenters. The lowest BCUT2D eigenvalue weighted by Crippen LogP contribution is -2.46. The van der Waals surface area contributed by atoms with Crippen LogP contribution in [0.3, 0.4) is 0 Å². The summed E-state index contributed by atoms with van der Waals surface area (Å²) in [5.41, 5.74) is 1.46. The minimum atomic E-state index is -0.281. The maximum Gasteiger partial charge on any atom is 0.254 e. The summed E-state index contributed by atoms with van der Waals surface area (Å²) in [5, 5.41) is 4.85. The number of hydrogen-bond acceptors (Lipinski definition) is 5. The molecule has 1 saturated heterocycles. The molecule has 184 valence electrons. The number of carbonyl (C=O) groups is 2. The molecule has 1 heterocycles. The van der Waals surface area contributed by atoms with Crippen LogP contribution in [0.5, 0.6) is 17.2 Å². The lowest BCUT2D eigenvalue weighted by Gasteiger charge is -2.33. The number of amides is 2. The number of benzene rings is 3. The third-order valence-corrected chi connectivity index (χ3v) is 6.68. The van der Waals surface area contributed by atoms with Crippen LogP contribution in [-0.4, -0.2) is 51.1 Å². The van der Waals surface area contributed by atoms with Gasteiger partial charge in [0.15, 0.2) is 0 Å². The van der Waals surface area contributed by atoms with Gasteiger partial charge in [-0.3, -0.25) is 9.59 Å². The van der Waals surface area contributed by atoms with Gasteiger partial charge in [-0.05, 0) is 55.5 Å². The Kier molecular flexibility index (Phi) is 7.44. The number of piperidine rings is 1. The average molecular weight is 477 g/mol. The highest BCUT2D eigenvalue weighted by Crippen LogP contribution is 2.31. The molecule has 7 nitrogen and oxygen atoms in total. The van der Waals surface area contributed by atoms with Crippen LogP contribution in [0, 0.1) is 5.92 Å². The van der Waals surface area contributed by atoms with Crippen molar-refractivity contribution in [1.82, 2.24) is 10.2 Å². The summed E-state index contributed by atoms with van der Waals surface area (Å²) in [4.78, 5) is 28.5. The fourth-order valence-electron chi connectivity index (χ4n) is 4.77. The molecular formula is C28H32N2O5. The number of fused-ring (bicyclic) bond motifs is 1. The number of likely N-dealkylation sites (tertiary alicyclic amines) is 1. The monoisotopic (exact) mass is 476 g/mol. The van der Waals surface area contributed by atoms with Crippen molar-refractivity contribution in [3.8, 4) is 17.2 Å². The Morgan fingerprint density at radius 2 is 1.66 bits per heavy atom. The smallest absolute Gasteiger partial charge is 0.254 e. The van der Waals surface area contributed by atoms with Crippen molar-refractivity contribution in [1.29, 1.82) is 0 Å². The van der Waals surface area contributed by atoms with Crippen LogP contribution in [0.15, 0.2) is 54.6 Å². The molecular weight excluding hydrogens is 444 g/mol. The van der Waals surface area contributed by atoms with E-state index in [1.807, 2.05) is 61.5 Å². The van der Waals surface area contributed by atoms with Crippen molar-refractivity contribution in [2.45, 2.75) is 25.8 Å². The largest absolute Gasteiger partial charge is 0.497 e. The molecule has 2 atom stereocenters. The summed E-state index contributed by atoms with van der Waals surface area (Å²) in [6.45, 7) is 2.93. The molecule has 2 amide bonds. The second-order valence-corrected chi connectivity index (χ2v) is 8.79. The molecule has 0 aliphatic carbocycles. The Balaban J connectivity index is 1.49. The number of nitrogens with zero attached hydrogens (tertiary/aromatic N) is 1. The van der Waals surface area contributed by atoms with E-state index < -0.39 is 0 Å². The Bertz CT molecular complexity index is 1230. The average Bonchev–Trinajstić information content (AvgIpc) is 2.91. The number of ether oxygens (including phenoxy) is 3. The van der Waals surface area contributed by atoms with Crippen LogP contribution >= 0.6 is 0 Å². The fourth-order valence-corrected chi connectivity index (χ4v) is 4.77. The van der Waals surface area contributed by atoms with Crippen LogP contribution < -0.4 is 19.5 Å². The van der Waals surface area contributed by atoms with Crippen LogP contribution in [0.1, 0.15) is 41.7 Å². The number of rotatable bonds is 7. The highest BCUT2D eigenvalue weighted by molar-refractivity contribution is 6.08. The van der Waals surface area contributed by atoms with E-state index in [-0.39, 0.29) is 23.8 Å². The predicted octanol–water partition coefficient (Wildman–Crippen LogP) is 4.60. The molecule has 1 N–H and O–H groups in total. The first-order valence-electron chi connectivity index (χ1n) is 11.8. The van der Waals surface area contributed by atoms with Crippen molar-refractivity contribution in [2.24, 2.45) is 5.92 Å². The molecule has 4 rings (SSSR count). The van der Waals surface area contributed by atoms with Crippen molar-refractivity contribution >= 4 is 22.6 Å². The van der Waals surface area contributed by atoms with E-state index in [2.05, 4.69) is 5.32 Å². The van der Waals surface area contributed by atoms with Gasteiger partial charge >= 0.3 is 0 Å². The number of carbonyl (C=O) groups excluding carboxylic acids is 2. The molecule has 35 heavy (non-hydrogen) atoms. The van der Waals surface area contributed by atoms with Crippen molar-refractivity contribution in [2.75, 3.05) is 34.4 Å². The molecule has 3 aromatic rings. The van der Waals surface area contributed by atoms with E-state index in [0.29, 0.717) is 30.2 Å². The van der Waals surface area contributed by atoms with Gasteiger partial charge in [-0.15, -0.1) is 0 Å². The molecule has 0 bridgehead atoms. The molecule has 0 radical (unpaired) electrons. The van der Waals surface area contributed by atoms with Gasteiger partial charge in [0.1, 0.15) is 17.2 Å². The summed E-state index contributed by atoms with van der Waals surface area (Å²) < 4.78 is 16.3. The molecule has 0 aromatic heterocycles. The van der Waals surface area contributed by atoms with Crippen molar-refractivity contribution < 1.29 is 23.8 Å². The number of nitrogens with one attached hydrogen (secondary N) is 1. The molecule has 1 aliphatic heterocycles. The number of hydrogen-bond donors (Lipinski definition) is 1. The normalized spacial score (nSPS) is 16.5. The number of methoxy groups -OCH3 is 3. The topological polar surface area (TPSA) is 77.1 Å². The quantitative estimate of drug-likeness (QED) is 0.540. The fraction of sp³-hybridized carbons (Fsp3) is 0.357. The van der Waals surface area contributed by atoms with Gasteiger partial charge in [-0.2, -0.15) is 0 Å². The second kappa shape index (κ2) is 10.7. The van der Waals surface area contributed by atoms with E-state index in [1.54, 1.807) is 26.2 Å². The minimum Gasteiger partial charge on any atom is -0.497 e. The van der Waals surface area contributed by atoms with Gasteiger partial charge in [0.2, 0.25) is 5.91 Å². The Labute approximate surface area is 206 Å². The maximum absolute atomic E-state index is 13.5. The van der Waals surface area contributed by atoms with E-state index in [0.717, 1.165) is 34.9 Å². The lowest BCUT2D eigenvalue weighted by atomic mass is 9.94. The van der Waals surface area contributed by atoms with Gasteiger partial charge in [0.25, 0.3) is 5.91 Å². The Hall–Kier alpha value is -3.74.